The first kappa shape index (κ1) is 19.9. The molecule has 152 valence electrons. The number of nitrogens with one attached hydrogen (secondary N) is 1. The van der Waals surface area contributed by atoms with Crippen LogP contribution in [0.1, 0.15) is 19.8 Å². The summed E-state index contributed by atoms with van der Waals surface area (Å²) in [5, 5.41) is 2.80. The number of carbonyl (C=O) groups excluding carboxylic acids is 1. The van der Waals surface area contributed by atoms with Crippen molar-refractivity contribution in [1.82, 2.24) is 9.29 Å². The number of carbonyl (C=O) groups is 1. The summed E-state index contributed by atoms with van der Waals surface area (Å²) in [7, 11) is -3.46. The third kappa shape index (κ3) is 4.31. The van der Waals surface area contributed by atoms with Gasteiger partial charge in [-0.1, -0.05) is 23.9 Å². The lowest BCUT2D eigenvalue weighted by Gasteiger charge is -2.16. The first-order valence-electron chi connectivity index (χ1n) is 9.37. The fourth-order valence-electron chi connectivity index (χ4n) is 3.14. The Morgan fingerprint density at radius 3 is 2.52 bits per heavy atom. The summed E-state index contributed by atoms with van der Waals surface area (Å²) in [6, 6.07) is 13.7. The van der Waals surface area contributed by atoms with Crippen LogP contribution in [0.25, 0.3) is 11.1 Å². The molecule has 0 saturated carbocycles. The molecular weight excluding hydrogens is 410 g/mol. The molecule has 3 aromatic rings. The summed E-state index contributed by atoms with van der Waals surface area (Å²) in [6.07, 6.45) is 1.78. The Bertz CT molecular complexity index is 1090. The summed E-state index contributed by atoms with van der Waals surface area (Å²) in [4.78, 5) is 17.1. The van der Waals surface area contributed by atoms with Crippen molar-refractivity contribution in [1.29, 1.82) is 0 Å². The van der Waals surface area contributed by atoms with Gasteiger partial charge in [0.15, 0.2) is 5.58 Å². The molecule has 1 aliphatic rings. The minimum absolute atomic E-state index is 0.215. The second-order valence-corrected chi connectivity index (χ2v) is 10.1. The van der Waals surface area contributed by atoms with Crippen LogP contribution in [-0.4, -0.2) is 42.0 Å². The predicted molar refractivity (Wildman–Crippen MR) is 112 cm³/mol. The largest absolute Gasteiger partial charge is 0.431 e. The first-order chi connectivity index (χ1) is 13.9. The van der Waals surface area contributed by atoms with E-state index in [-0.39, 0.29) is 10.8 Å². The molecule has 1 amide bonds. The number of rotatable bonds is 6. The number of amides is 1. The second-order valence-electron chi connectivity index (χ2n) is 6.83. The zero-order chi connectivity index (χ0) is 20.4. The van der Waals surface area contributed by atoms with Gasteiger partial charge in [-0.2, -0.15) is 4.31 Å². The summed E-state index contributed by atoms with van der Waals surface area (Å²) < 4.78 is 32.3. The molecule has 1 aromatic heterocycles. The second kappa shape index (κ2) is 8.17. The van der Waals surface area contributed by atoms with Gasteiger partial charge in [-0.15, -0.1) is 0 Å². The fourth-order valence-corrected chi connectivity index (χ4v) is 5.41. The lowest BCUT2D eigenvalue weighted by molar-refractivity contribution is -0.115. The van der Waals surface area contributed by atoms with Crippen molar-refractivity contribution in [2.75, 3.05) is 18.4 Å². The van der Waals surface area contributed by atoms with E-state index < -0.39 is 15.3 Å². The van der Waals surface area contributed by atoms with Crippen LogP contribution >= 0.6 is 11.8 Å². The van der Waals surface area contributed by atoms with E-state index in [1.807, 2.05) is 24.3 Å². The Balaban J connectivity index is 1.39. The zero-order valence-corrected chi connectivity index (χ0v) is 17.5. The number of aromatic nitrogens is 1. The lowest BCUT2D eigenvalue weighted by Crippen LogP contribution is -2.27. The predicted octanol–water partition coefficient (Wildman–Crippen LogP) is 3.73. The molecule has 0 radical (unpaired) electrons. The van der Waals surface area contributed by atoms with Crippen molar-refractivity contribution in [3.63, 3.8) is 0 Å². The van der Waals surface area contributed by atoms with Gasteiger partial charge in [0, 0.05) is 18.8 Å². The molecule has 1 aliphatic heterocycles. The molecule has 0 unspecified atom stereocenters. The van der Waals surface area contributed by atoms with Crippen molar-refractivity contribution in [3.05, 3.63) is 48.5 Å². The van der Waals surface area contributed by atoms with E-state index in [2.05, 4.69) is 10.3 Å². The van der Waals surface area contributed by atoms with Crippen molar-refractivity contribution < 1.29 is 17.6 Å². The van der Waals surface area contributed by atoms with Crippen LogP contribution in [-0.2, 0) is 14.8 Å². The van der Waals surface area contributed by atoms with Gasteiger partial charge in [0.1, 0.15) is 5.52 Å². The van der Waals surface area contributed by atoms with Gasteiger partial charge in [-0.25, -0.2) is 13.4 Å². The minimum Gasteiger partial charge on any atom is -0.431 e. The van der Waals surface area contributed by atoms with Gasteiger partial charge in [0.05, 0.1) is 10.1 Å². The smallest absolute Gasteiger partial charge is 0.257 e. The third-order valence-electron chi connectivity index (χ3n) is 4.75. The maximum atomic E-state index is 12.6. The molecule has 2 heterocycles. The van der Waals surface area contributed by atoms with Crippen LogP contribution in [0, 0.1) is 0 Å². The first-order valence-corrected chi connectivity index (χ1v) is 11.7. The van der Waals surface area contributed by atoms with Gasteiger partial charge in [0.2, 0.25) is 15.9 Å². The topological polar surface area (TPSA) is 92.5 Å². The van der Waals surface area contributed by atoms with Crippen molar-refractivity contribution in [2.24, 2.45) is 0 Å². The Labute approximate surface area is 173 Å². The van der Waals surface area contributed by atoms with Gasteiger partial charge < -0.3 is 9.73 Å². The number of hydrogen-bond acceptors (Lipinski definition) is 6. The summed E-state index contributed by atoms with van der Waals surface area (Å²) >= 11 is 1.23. The highest BCUT2D eigenvalue weighted by Crippen LogP contribution is 2.27. The monoisotopic (exact) mass is 431 g/mol. The van der Waals surface area contributed by atoms with Crippen LogP contribution in [0.4, 0.5) is 5.69 Å². The molecule has 9 heteroatoms. The number of hydrogen-bond donors (Lipinski definition) is 1. The van der Waals surface area contributed by atoms with E-state index >= 15 is 0 Å². The van der Waals surface area contributed by atoms with E-state index in [4.69, 9.17) is 4.42 Å². The van der Waals surface area contributed by atoms with E-state index in [1.165, 1.54) is 28.2 Å². The molecule has 0 bridgehead atoms. The molecule has 2 aromatic carbocycles. The number of thioether (sulfide) groups is 1. The van der Waals surface area contributed by atoms with Crippen LogP contribution in [0.2, 0.25) is 0 Å². The standard InChI is InChI=1S/C20H21N3O4S2/c1-14(28-20-22-17-6-2-3-7-18(17)27-20)19(24)21-15-8-10-16(11-9-15)29(25,26)23-12-4-5-13-23/h2-3,6-11,14H,4-5,12-13H2,1H3,(H,21,24)/t14-/m0/s1. The van der Waals surface area contributed by atoms with Gasteiger partial charge in [-0.05, 0) is 56.2 Å². The number of fused-ring (bicyclic) bond motifs is 1. The highest BCUT2D eigenvalue weighted by Gasteiger charge is 2.27. The molecule has 1 N–H and O–H groups in total. The summed E-state index contributed by atoms with van der Waals surface area (Å²) in [5.41, 5.74) is 1.97. The van der Waals surface area contributed by atoms with E-state index in [9.17, 15) is 13.2 Å². The summed E-state index contributed by atoms with van der Waals surface area (Å²) in [6.45, 7) is 2.89. The molecule has 4 rings (SSSR count). The molecular formula is C20H21N3O4S2. The number of para-hydroxylation sites is 2. The highest BCUT2D eigenvalue weighted by atomic mass is 32.2. The Hall–Kier alpha value is -2.36. The van der Waals surface area contributed by atoms with Gasteiger partial charge in [-0.3, -0.25) is 4.79 Å². The SMILES string of the molecule is C[C@H](Sc1nc2ccccc2o1)C(=O)Nc1ccc(S(=O)(=O)N2CCCC2)cc1. The van der Waals surface area contributed by atoms with E-state index in [1.54, 1.807) is 19.1 Å². The normalized spacial score (nSPS) is 16.2. The van der Waals surface area contributed by atoms with Gasteiger partial charge >= 0.3 is 0 Å². The van der Waals surface area contributed by atoms with E-state index in [0.29, 0.717) is 29.6 Å². The van der Waals surface area contributed by atoms with Crippen molar-refractivity contribution >= 4 is 44.5 Å². The maximum Gasteiger partial charge on any atom is 0.257 e. The Morgan fingerprint density at radius 2 is 1.83 bits per heavy atom. The average Bonchev–Trinajstić information content (AvgIpc) is 3.38. The number of anilines is 1. The highest BCUT2D eigenvalue weighted by molar-refractivity contribution is 8.00. The fraction of sp³-hybridized carbons (Fsp3) is 0.300. The molecule has 1 fully saturated rings. The van der Waals surface area contributed by atoms with Gasteiger partial charge in [0.25, 0.3) is 5.22 Å². The Kier molecular flexibility index (Phi) is 5.62. The summed E-state index contributed by atoms with van der Waals surface area (Å²) in [5.74, 6) is -0.215. The Morgan fingerprint density at radius 1 is 1.14 bits per heavy atom. The van der Waals surface area contributed by atoms with E-state index in [0.717, 1.165) is 18.4 Å². The molecule has 0 spiro atoms. The third-order valence-corrected chi connectivity index (χ3v) is 7.60. The molecule has 29 heavy (non-hydrogen) atoms. The van der Waals surface area contributed by atoms with Crippen LogP contribution in [0.15, 0.2) is 63.1 Å². The zero-order valence-electron chi connectivity index (χ0n) is 15.9. The minimum atomic E-state index is -3.46. The molecule has 0 aliphatic carbocycles. The average molecular weight is 432 g/mol. The van der Waals surface area contributed by atoms with Crippen LogP contribution in [0.5, 0.6) is 0 Å². The van der Waals surface area contributed by atoms with Crippen molar-refractivity contribution in [3.8, 4) is 0 Å². The number of nitrogens with zero attached hydrogens (tertiary/aromatic N) is 2. The van der Waals surface area contributed by atoms with Crippen LogP contribution < -0.4 is 5.32 Å². The number of benzene rings is 2. The molecule has 1 atom stereocenters. The number of sulfonamides is 1. The molecule has 7 nitrogen and oxygen atoms in total. The quantitative estimate of drug-likeness (QED) is 0.598. The molecule has 1 saturated heterocycles. The number of oxazole rings is 1. The maximum absolute atomic E-state index is 12.6. The van der Waals surface area contributed by atoms with Crippen molar-refractivity contribution in [2.45, 2.75) is 35.1 Å². The lowest BCUT2D eigenvalue weighted by atomic mass is 10.3. The van der Waals surface area contributed by atoms with Crippen LogP contribution in [0.3, 0.4) is 0 Å².